The smallest absolute Gasteiger partial charge is 0.255 e. The highest BCUT2D eigenvalue weighted by Crippen LogP contribution is 2.25. The molecule has 0 spiro atoms. The SMILES string of the molecule is Cc1ccc(CN=C(N)NC(C)c2ccc(Cl)cc2Cl)c(=O)n1C. The first-order valence-corrected chi connectivity index (χ1v) is 8.22. The van der Waals surface area contributed by atoms with Crippen LogP contribution in [0.5, 0.6) is 0 Å². The van der Waals surface area contributed by atoms with Gasteiger partial charge in [0.1, 0.15) is 0 Å². The lowest BCUT2D eigenvalue weighted by Crippen LogP contribution is -2.34. The van der Waals surface area contributed by atoms with Gasteiger partial charge in [-0.1, -0.05) is 29.3 Å². The summed E-state index contributed by atoms with van der Waals surface area (Å²) in [6, 6.07) is 8.80. The Hall–Kier alpha value is -1.98. The molecule has 1 heterocycles. The molecule has 2 aromatic rings. The van der Waals surface area contributed by atoms with Gasteiger partial charge < -0.3 is 15.6 Å². The molecular formula is C17H20Cl2N4O. The molecule has 0 saturated carbocycles. The van der Waals surface area contributed by atoms with Crippen molar-refractivity contribution in [2.45, 2.75) is 26.4 Å². The van der Waals surface area contributed by atoms with Crippen molar-refractivity contribution in [2.75, 3.05) is 0 Å². The highest BCUT2D eigenvalue weighted by Gasteiger charge is 2.11. The molecule has 0 fully saturated rings. The van der Waals surface area contributed by atoms with Gasteiger partial charge in [-0.05, 0) is 43.7 Å². The number of benzene rings is 1. The summed E-state index contributed by atoms with van der Waals surface area (Å²) in [5, 5.41) is 4.20. The molecule has 3 N–H and O–H groups in total. The van der Waals surface area contributed by atoms with Gasteiger partial charge in [-0.15, -0.1) is 0 Å². The Bertz CT molecular complexity index is 830. The van der Waals surface area contributed by atoms with Crippen molar-refractivity contribution in [3.63, 3.8) is 0 Å². The van der Waals surface area contributed by atoms with Crippen molar-refractivity contribution in [3.05, 3.63) is 67.6 Å². The van der Waals surface area contributed by atoms with E-state index in [1.165, 1.54) is 0 Å². The van der Waals surface area contributed by atoms with Gasteiger partial charge in [0.2, 0.25) is 0 Å². The molecule has 0 saturated heterocycles. The highest BCUT2D eigenvalue weighted by molar-refractivity contribution is 6.35. The van der Waals surface area contributed by atoms with E-state index in [1.54, 1.807) is 29.8 Å². The van der Waals surface area contributed by atoms with Crippen LogP contribution in [0.1, 0.15) is 29.8 Å². The van der Waals surface area contributed by atoms with Crippen LogP contribution in [0.3, 0.4) is 0 Å². The summed E-state index contributed by atoms with van der Waals surface area (Å²) in [5.74, 6) is 0.246. The number of hydrogen-bond acceptors (Lipinski definition) is 2. The van der Waals surface area contributed by atoms with E-state index < -0.39 is 0 Å². The summed E-state index contributed by atoms with van der Waals surface area (Å²) in [5.41, 5.74) is 8.20. The second-order valence-electron chi connectivity index (χ2n) is 5.60. The molecule has 1 atom stereocenters. The van der Waals surface area contributed by atoms with Gasteiger partial charge in [0.15, 0.2) is 5.96 Å². The average molecular weight is 367 g/mol. The molecule has 1 unspecified atom stereocenters. The van der Waals surface area contributed by atoms with Crippen LogP contribution in [-0.2, 0) is 13.6 Å². The standard InChI is InChI=1S/C17H20Cl2N4O/c1-10-4-5-12(16(24)23(10)3)9-21-17(20)22-11(2)14-7-6-13(18)8-15(14)19/h4-8,11H,9H2,1-3H3,(H3,20,21,22). The second-order valence-corrected chi connectivity index (χ2v) is 6.44. The number of pyridine rings is 1. The normalized spacial score (nSPS) is 13.0. The number of halogens is 2. The van der Waals surface area contributed by atoms with Gasteiger partial charge in [-0.25, -0.2) is 4.99 Å². The summed E-state index contributed by atoms with van der Waals surface area (Å²) in [6.45, 7) is 4.01. The maximum Gasteiger partial charge on any atom is 0.255 e. The molecule has 0 aliphatic heterocycles. The number of nitrogens with zero attached hydrogens (tertiary/aromatic N) is 2. The maximum absolute atomic E-state index is 12.1. The fraction of sp³-hybridized carbons (Fsp3) is 0.294. The van der Waals surface area contributed by atoms with Crippen LogP contribution in [0.15, 0.2) is 40.1 Å². The molecule has 0 aliphatic rings. The van der Waals surface area contributed by atoms with E-state index in [0.29, 0.717) is 15.6 Å². The van der Waals surface area contributed by atoms with E-state index in [9.17, 15) is 4.79 Å². The lowest BCUT2D eigenvalue weighted by atomic mass is 10.1. The number of aromatic nitrogens is 1. The Morgan fingerprint density at radius 2 is 2.04 bits per heavy atom. The van der Waals surface area contributed by atoms with Crippen molar-refractivity contribution >= 4 is 29.2 Å². The first-order valence-electron chi connectivity index (χ1n) is 7.46. The zero-order valence-corrected chi connectivity index (χ0v) is 15.3. The minimum atomic E-state index is -0.139. The predicted molar refractivity (Wildman–Crippen MR) is 99.8 cm³/mol. The van der Waals surface area contributed by atoms with Gasteiger partial charge in [0, 0.05) is 28.4 Å². The van der Waals surface area contributed by atoms with Gasteiger partial charge in [-0.2, -0.15) is 0 Å². The van der Waals surface area contributed by atoms with Crippen LogP contribution in [0.25, 0.3) is 0 Å². The van der Waals surface area contributed by atoms with Crippen molar-refractivity contribution < 1.29 is 0 Å². The van der Waals surface area contributed by atoms with E-state index in [1.807, 2.05) is 26.0 Å². The Morgan fingerprint density at radius 1 is 1.33 bits per heavy atom. The first kappa shape index (κ1) is 18.4. The zero-order valence-electron chi connectivity index (χ0n) is 13.8. The van der Waals surface area contributed by atoms with Crippen molar-refractivity contribution in [1.29, 1.82) is 0 Å². The molecule has 128 valence electrons. The molecule has 0 aliphatic carbocycles. The molecular weight excluding hydrogens is 347 g/mol. The van der Waals surface area contributed by atoms with Crippen molar-refractivity contribution in [1.82, 2.24) is 9.88 Å². The van der Waals surface area contributed by atoms with Gasteiger partial charge >= 0.3 is 0 Å². The minimum absolute atomic E-state index is 0.0691. The number of hydrogen-bond donors (Lipinski definition) is 2. The summed E-state index contributed by atoms with van der Waals surface area (Å²) in [4.78, 5) is 16.4. The third-order valence-corrected chi connectivity index (χ3v) is 4.41. The predicted octanol–water partition coefficient (Wildman–Crippen LogP) is 3.17. The minimum Gasteiger partial charge on any atom is -0.370 e. The van der Waals surface area contributed by atoms with Crippen LogP contribution >= 0.6 is 23.2 Å². The Labute approximate surface area is 151 Å². The number of guanidine groups is 1. The first-order chi connectivity index (χ1) is 11.3. The van der Waals surface area contributed by atoms with Gasteiger partial charge in [-0.3, -0.25) is 4.79 Å². The summed E-state index contributed by atoms with van der Waals surface area (Å²) >= 11 is 12.1. The Kier molecular flexibility index (Phi) is 5.91. The molecule has 2 rings (SSSR count). The fourth-order valence-electron chi connectivity index (χ4n) is 2.27. The molecule has 7 heteroatoms. The number of aryl methyl sites for hydroxylation is 1. The van der Waals surface area contributed by atoms with Crippen molar-refractivity contribution in [2.24, 2.45) is 17.8 Å². The molecule has 1 aromatic carbocycles. The topological polar surface area (TPSA) is 72.4 Å². The van der Waals surface area contributed by atoms with E-state index in [-0.39, 0.29) is 24.1 Å². The summed E-state index contributed by atoms with van der Waals surface area (Å²) < 4.78 is 1.59. The lowest BCUT2D eigenvalue weighted by molar-refractivity contribution is 0.707. The molecule has 0 bridgehead atoms. The largest absolute Gasteiger partial charge is 0.370 e. The second kappa shape index (κ2) is 7.73. The van der Waals surface area contributed by atoms with Gasteiger partial charge in [0.25, 0.3) is 5.56 Å². The zero-order chi connectivity index (χ0) is 17.9. The summed E-state index contributed by atoms with van der Waals surface area (Å²) in [6.07, 6.45) is 0. The van der Waals surface area contributed by atoms with E-state index >= 15 is 0 Å². The third kappa shape index (κ3) is 4.30. The number of nitrogens with two attached hydrogens (primary N) is 1. The third-order valence-electron chi connectivity index (χ3n) is 3.85. The molecule has 24 heavy (non-hydrogen) atoms. The van der Waals surface area contributed by atoms with E-state index in [2.05, 4.69) is 10.3 Å². The molecule has 5 nitrogen and oxygen atoms in total. The number of nitrogens with one attached hydrogen (secondary N) is 1. The Balaban J connectivity index is 2.09. The fourth-order valence-corrected chi connectivity index (χ4v) is 2.84. The monoisotopic (exact) mass is 366 g/mol. The van der Waals surface area contributed by atoms with Gasteiger partial charge in [0.05, 0.1) is 12.6 Å². The number of rotatable bonds is 4. The van der Waals surface area contributed by atoms with E-state index in [0.717, 1.165) is 11.3 Å². The van der Waals surface area contributed by atoms with Crippen molar-refractivity contribution in [3.8, 4) is 0 Å². The average Bonchev–Trinajstić information content (AvgIpc) is 2.51. The lowest BCUT2D eigenvalue weighted by Gasteiger charge is -2.16. The quantitative estimate of drug-likeness (QED) is 0.644. The number of aliphatic imine (C=N–C) groups is 1. The van der Waals surface area contributed by atoms with Crippen LogP contribution in [-0.4, -0.2) is 10.5 Å². The van der Waals surface area contributed by atoms with Crippen LogP contribution < -0.4 is 16.6 Å². The van der Waals surface area contributed by atoms with E-state index in [4.69, 9.17) is 28.9 Å². The summed E-state index contributed by atoms with van der Waals surface area (Å²) in [7, 11) is 1.73. The molecule has 0 amide bonds. The maximum atomic E-state index is 12.1. The highest BCUT2D eigenvalue weighted by atomic mass is 35.5. The Morgan fingerprint density at radius 3 is 2.71 bits per heavy atom. The van der Waals surface area contributed by atoms with Crippen LogP contribution in [0.2, 0.25) is 10.0 Å². The molecule has 1 aromatic heterocycles. The van der Waals surface area contributed by atoms with Crippen LogP contribution in [0.4, 0.5) is 0 Å². The molecule has 0 radical (unpaired) electrons. The van der Waals surface area contributed by atoms with Crippen LogP contribution in [0, 0.1) is 6.92 Å².